The van der Waals surface area contributed by atoms with Crippen molar-refractivity contribution in [1.82, 2.24) is 4.31 Å². The number of benzene rings is 1. The van der Waals surface area contributed by atoms with Gasteiger partial charge in [0.1, 0.15) is 5.78 Å². The Kier molecular flexibility index (Phi) is 6.50. The molecule has 1 aromatic rings. The molecule has 1 heterocycles. The second-order valence-corrected chi connectivity index (χ2v) is 8.71. The van der Waals surface area contributed by atoms with Crippen LogP contribution in [0.2, 0.25) is 0 Å². The zero-order valence-electron chi connectivity index (χ0n) is 14.9. The Morgan fingerprint density at radius 3 is 2.62 bits per heavy atom. The molecule has 2 unspecified atom stereocenters. The Bertz CT molecular complexity index is 746. The minimum atomic E-state index is -4.61. The molecule has 0 aliphatic carbocycles. The number of rotatable bonds is 6. The molecular formula is C18H24F3NO3S. The molecule has 1 saturated heterocycles. The number of nitrogens with zero attached hydrogens (tertiary/aromatic N) is 1. The SMILES string of the molecule is CCCCC(C)C1CC(=O)CCN1S(=O)(=O)c1cccc(C(F)(F)F)c1. The van der Waals surface area contributed by atoms with E-state index >= 15 is 0 Å². The molecule has 0 amide bonds. The highest BCUT2D eigenvalue weighted by atomic mass is 32.2. The van der Waals surface area contributed by atoms with Crippen molar-refractivity contribution in [2.45, 2.75) is 63.1 Å². The number of alkyl halides is 3. The predicted molar refractivity (Wildman–Crippen MR) is 92.1 cm³/mol. The number of piperidine rings is 1. The number of carbonyl (C=O) groups excluding carboxylic acids is 1. The zero-order valence-corrected chi connectivity index (χ0v) is 15.7. The molecule has 1 aromatic carbocycles. The molecule has 26 heavy (non-hydrogen) atoms. The van der Waals surface area contributed by atoms with Gasteiger partial charge in [0.25, 0.3) is 0 Å². The largest absolute Gasteiger partial charge is 0.416 e. The molecule has 8 heteroatoms. The van der Waals surface area contributed by atoms with Crippen molar-refractivity contribution in [3.63, 3.8) is 0 Å². The second-order valence-electron chi connectivity index (χ2n) is 6.82. The Morgan fingerprint density at radius 2 is 2.00 bits per heavy atom. The summed E-state index contributed by atoms with van der Waals surface area (Å²) in [6, 6.07) is 3.27. The summed E-state index contributed by atoms with van der Waals surface area (Å²) in [4.78, 5) is 11.5. The number of ketones is 1. The van der Waals surface area contributed by atoms with E-state index in [1.165, 1.54) is 10.4 Å². The van der Waals surface area contributed by atoms with E-state index in [9.17, 15) is 26.4 Å². The van der Waals surface area contributed by atoms with Crippen LogP contribution in [-0.2, 0) is 21.0 Å². The average Bonchev–Trinajstić information content (AvgIpc) is 2.58. The first-order chi connectivity index (χ1) is 12.1. The Morgan fingerprint density at radius 1 is 1.31 bits per heavy atom. The third kappa shape index (κ3) is 4.65. The summed E-state index contributed by atoms with van der Waals surface area (Å²) in [5, 5.41) is 0. The molecule has 0 saturated carbocycles. The third-order valence-electron chi connectivity index (χ3n) is 4.86. The van der Waals surface area contributed by atoms with E-state index in [2.05, 4.69) is 0 Å². The molecule has 2 atom stereocenters. The van der Waals surface area contributed by atoms with Gasteiger partial charge in [-0.05, 0) is 30.5 Å². The molecule has 4 nitrogen and oxygen atoms in total. The molecule has 0 N–H and O–H groups in total. The van der Waals surface area contributed by atoms with Crippen molar-refractivity contribution in [1.29, 1.82) is 0 Å². The van der Waals surface area contributed by atoms with Crippen molar-refractivity contribution in [3.05, 3.63) is 29.8 Å². The summed E-state index contributed by atoms with van der Waals surface area (Å²) in [5.74, 6) is -0.0476. The fraction of sp³-hybridized carbons (Fsp3) is 0.611. The van der Waals surface area contributed by atoms with E-state index in [4.69, 9.17) is 0 Å². The number of hydrogen-bond acceptors (Lipinski definition) is 3. The van der Waals surface area contributed by atoms with Crippen LogP contribution >= 0.6 is 0 Å². The Hall–Kier alpha value is -1.41. The van der Waals surface area contributed by atoms with Gasteiger partial charge >= 0.3 is 6.18 Å². The van der Waals surface area contributed by atoms with Gasteiger partial charge < -0.3 is 0 Å². The smallest absolute Gasteiger partial charge is 0.300 e. The fourth-order valence-electron chi connectivity index (χ4n) is 3.31. The van der Waals surface area contributed by atoms with Crippen LogP contribution in [0, 0.1) is 5.92 Å². The van der Waals surface area contributed by atoms with Gasteiger partial charge in [0.15, 0.2) is 0 Å². The van der Waals surface area contributed by atoms with Crippen LogP contribution in [-0.4, -0.2) is 31.1 Å². The van der Waals surface area contributed by atoms with Crippen molar-refractivity contribution in [2.24, 2.45) is 5.92 Å². The van der Waals surface area contributed by atoms with Crippen LogP contribution in [0.1, 0.15) is 51.5 Å². The molecule has 0 bridgehead atoms. The highest BCUT2D eigenvalue weighted by Gasteiger charge is 2.39. The number of sulfonamides is 1. The highest BCUT2D eigenvalue weighted by molar-refractivity contribution is 7.89. The van der Waals surface area contributed by atoms with Gasteiger partial charge in [0.2, 0.25) is 10.0 Å². The first-order valence-electron chi connectivity index (χ1n) is 8.78. The zero-order chi connectivity index (χ0) is 19.5. The fourth-order valence-corrected chi connectivity index (χ4v) is 5.08. The molecule has 0 aromatic heterocycles. The van der Waals surface area contributed by atoms with Gasteiger partial charge in [-0.25, -0.2) is 8.42 Å². The highest BCUT2D eigenvalue weighted by Crippen LogP contribution is 2.34. The van der Waals surface area contributed by atoms with Crippen LogP contribution in [0.15, 0.2) is 29.2 Å². The van der Waals surface area contributed by atoms with Gasteiger partial charge in [-0.1, -0.05) is 32.8 Å². The van der Waals surface area contributed by atoms with Crippen LogP contribution < -0.4 is 0 Å². The monoisotopic (exact) mass is 391 g/mol. The van der Waals surface area contributed by atoms with E-state index in [-0.39, 0.29) is 36.0 Å². The molecule has 2 rings (SSSR count). The lowest BCUT2D eigenvalue weighted by atomic mass is 9.89. The van der Waals surface area contributed by atoms with E-state index in [0.717, 1.165) is 31.4 Å². The summed E-state index contributed by atoms with van der Waals surface area (Å²) < 4.78 is 66.1. The summed E-state index contributed by atoms with van der Waals surface area (Å²) >= 11 is 0. The maximum Gasteiger partial charge on any atom is 0.416 e. The van der Waals surface area contributed by atoms with Gasteiger partial charge in [-0.2, -0.15) is 17.5 Å². The van der Waals surface area contributed by atoms with E-state index in [1.807, 2.05) is 13.8 Å². The molecule has 0 radical (unpaired) electrons. The minimum Gasteiger partial charge on any atom is -0.300 e. The topological polar surface area (TPSA) is 54.5 Å². The van der Waals surface area contributed by atoms with Gasteiger partial charge in [0, 0.05) is 25.4 Å². The van der Waals surface area contributed by atoms with Crippen molar-refractivity contribution in [2.75, 3.05) is 6.54 Å². The molecular weight excluding hydrogens is 367 g/mol. The van der Waals surface area contributed by atoms with Crippen LogP contribution in [0.25, 0.3) is 0 Å². The lowest BCUT2D eigenvalue weighted by Crippen LogP contribution is -2.49. The van der Waals surface area contributed by atoms with Crippen LogP contribution in [0.5, 0.6) is 0 Å². The molecule has 1 fully saturated rings. The first kappa shape index (κ1) is 20.9. The normalized spacial score (nSPS) is 21.0. The molecule has 1 aliphatic rings. The second kappa shape index (κ2) is 8.08. The lowest BCUT2D eigenvalue weighted by Gasteiger charge is -2.37. The number of unbranched alkanes of at least 4 members (excludes halogenated alkanes) is 1. The molecule has 1 aliphatic heterocycles. The summed E-state index contributed by atoms with van der Waals surface area (Å²) in [6.07, 6.45) is -1.78. The lowest BCUT2D eigenvalue weighted by molar-refractivity contribution is -0.137. The van der Waals surface area contributed by atoms with E-state index < -0.39 is 27.8 Å². The maximum atomic E-state index is 13.0. The van der Waals surface area contributed by atoms with Crippen molar-refractivity contribution >= 4 is 15.8 Å². The maximum absolute atomic E-state index is 13.0. The number of carbonyl (C=O) groups is 1. The van der Waals surface area contributed by atoms with Gasteiger partial charge in [0.05, 0.1) is 10.5 Å². The molecule has 146 valence electrons. The van der Waals surface area contributed by atoms with Crippen molar-refractivity contribution in [3.8, 4) is 0 Å². The first-order valence-corrected chi connectivity index (χ1v) is 10.2. The third-order valence-corrected chi connectivity index (χ3v) is 6.78. The Balaban J connectivity index is 2.37. The number of halogens is 3. The summed E-state index contributed by atoms with van der Waals surface area (Å²) in [7, 11) is -4.11. The average molecular weight is 391 g/mol. The summed E-state index contributed by atoms with van der Waals surface area (Å²) in [6.45, 7) is 3.93. The van der Waals surface area contributed by atoms with Crippen molar-refractivity contribution < 1.29 is 26.4 Å². The predicted octanol–water partition coefficient (Wildman–Crippen LogP) is 4.25. The van der Waals surface area contributed by atoms with Gasteiger partial charge in [-0.3, -0.25) is 4.79 Å². The Labute approximate surface area is 152 Å². The van der Waals surface area contributed by atoms with E-state index in [1.54, 1.807) is 0 Å². The summed E-state index contributed by atoms with van der Waals surface area (Å²) in [5.41, 5.74) is -0.998. The minimum absolute atomic E-state index is 0.00570. The van der Waals surface area contributed by atoms with Crippen LogP contribution in [0.4, 0.5) is 13.2 Å². The van der Waals surface area contributed by atoms with Crippen LogP contribution in [0.3, 0.4) is 0 Å². The quantitative estimate of drug-likeness (QED) is 0.728. The standard InChI is InChI=1S/C18H24F3NO3S/c1-3-4-6-13(2)17-12-15(23)9-10-22(17)26(24,25)16-8-5-7-14(11-16)18(19,20)21/h5,7-8,11,13,17H,3-4,6,9-10,12H2,1-2H3. The van der Waals surface area contributed by atoms with Gasteiger partial charge in [-0.15, -0.1) is 0 Å². The van der Waals surface area contributed by atoms with E-state index in [0.29, 0.717) is 6.07 Å². The molecule has 0 spiro atoms. The number of Topliss-reactive ketones (excluding diaryl/α,β-unsaturated/α-hetero) is 1. The number of hydrogen-bond donors (Lipinski definition) is 0.